The molecule has 4 N–H and O–H groups in total. The quantitative estimate of drug-likeness (QED) is 0.121. The number of aromatic amines is 1. The van der Waals surface area contributed by atoms with Crippen LogP contribution in [0.15, 0.2) is 102 Å². The Kier molecular flexibility index (Phi) is 9.83. The van der Waals surface area contributed by atoms with Crippen LogP contribution in [0.25, 0.3) is 10.9 Å². The predicted molar refractivity (Wildman–Crippen MR) is 218 cm³/mol. The molecule has 0 aliphatic carbocycles. The Morgan fingerprint density at radius 1 is 1.02 bits per heavy atom. The molecule has 5 aromatic rings. The summed E-state index contributed by atoms with van der Waals surface area (Å²) in [6, 6.07) is 28.7. The van der Waals surface area contributed by atoms with Crippen molar-refractivity contribution in [2.75, 3.05) is 16.8 Å². The molecule has 284 valence electrons. The van der Waals surface area contributed by atoms with Gasteiger partial charge in [-0.15, -0.1) is 0 Å². The van der Waals surface area contributed by atoms with Gasteiger partial charge in [0.05, 0.1) is 43.8 Å². The average Bonchev–Trinajstić information content (AvgIpc) is 3.77. The van der Waals surface area contributed by atoms with E-state index in [4.69, 9.17) is 4.74 Å². The molecule has 3 aliphatic rings. The Bertz CT molecular complexity index is 2310. The Balaban J connectivity index is 1.05. The Hall–Kier alpha value is -4.59. The molecule has 5 atom stereocenters. The molecule has 1 saturated heterocycles. The minimum Gasteiger partial charge on any atom is -0.432 e. The van der Waals surface area contributed by atoms with Crippen LogP contribution in [0, 0.1) is 5.92 Å². The zero-order valence-corrected chi connectivity index (χ0v) is 33.7. The van der Waals surface area contributed by atoms with E-state index in [1.165, 1.54) is 0 Å². The highest BCUT2D eigenvalue weighted by atomic mass is 79.9. The Morgan fingerprint density at radius 2 is 1.78 bits per heavy atom. The van der Waals surface area contributed by atoms with Crippen LogP contribution in [0.2, 0.25) is 18.6 Å². The van der Waals surface area contributed by atoms with Crippen LogP contribution in [0.1, 0.15) is 41.2 Å². The first-order valence-electron chi connectivity index (χ1n) is 18.8. The number of aliphatic hydroxyl groups excluding tert-OH is 1. The lowest BCUT2D eigenvalue weighted by molar-refractivity contribution is -0.151. The summed E-state index contributed by atoms with van der Waals surface area (Å²) in [5, 5.41) is 14.4. The lowest BCUT2D eigenvalue weighted by Gasteiger charge is -2.37. The van der Waals surface area contributed by atoms with Crippen LogP contribution >= 0.6 is 15.9 Å². The van der Waals surface area contributed by atoms with Crippen molar-refractivity contribution in [2.24, 2.45) is 5.92 Å². The number of nitrogens with one attached hydrogen (secondary N) is 2. The van der Waals surface area contributed by atoms with E-state index in [-0.39, 0.29) is 49.8 Å². The summed E-state index contributed by atoms with van der Waals surface area (Å²) in [6.07, 6.45) is 1.87. The largest absolute Gasteiger partial charge is 0.432 e. The fourth-order valence-electron chi connectivity index (χ4n) is 9.32. The molecule has 0 radical (unpaired) electrons. The maximum atomic E-state index is 15.0. The molecule has 12 heteroatoms. The number of carbonyl (C=O) groups excluding carboxylic acids is 3. The summed E-state index contributed by atoms with van der Waals surface area (Å²) < 4.78 is 7.76. The molecule has 1 fully saturated rings. The molecule has 1 aromatic heterocycles. The van der Waals surface area contributed by atoms with Crippen molar-refractivity contribution in [3.05, 3.63) is 129 Å². The van der Waals surface area contributed by atoms with Crippen LogP contribution < -0.4 is 10.2 Å². The molecule has 0 unspecified atom stereocenters. The van der Waals surface area contributed by atoms with Gasteiger partial charge in [0, 0.05) is 50.8 Å². The molecule has 3 amide bonds. The SMILES string of the molecule is C[C@H]1[C@H]([Si](C)(C)O)[C@@H](CC(=O)N2Cc3ccccc3C[C@H]2CO)O[C@]12C(=O)N(Cc1cccc(NC(=O)Cc3c[nH]c4ccccc34)c1)c1ccc(Br)cc12. The number of H-pyrrole nitrogens is 1. The Morgan fingerprint density at radius 3 is 2.56 bits per heavy atom. The highest BCUT2D eigenvalue weighted by Gasteiger charge is 2.66. The molecule has 10 nitrogen and oxygen atoms in total. The normalized spacial score (nSPS) is 23.3. The van der Waals surface area contributed by atoms with Gasteiger partial charge in [-0.25, -0.2) is 0 Å². The monoisotopic (exact) mass is 820 g/mol. The van der Waals surface area contributed by atoms with Crippen molar-refractivity contribution in [1.29, 1.82) is 0 Å². The van der Waals surface area contributed by atoms with Crippen molar-refractivity contribution < 1.29 is 29.0 Å². The molecular weight excluding hydrogens is 776 g/mol. The van der Waals surface area contributed by atoms with E-state index >= 15 is 4.79 Å². The average molecular weight is 822 g/mol. The number of benzene rings is 4. The summed E-state index contributed by atoms with van der Waals surface area (Å²) in [4.78, 5) is 60.9. The molecule has 3 aliphatic heterocycles. The van der Waals surface area contributed by atoms with Crippen molar-refractivity contribution in [2.45, 2.75) is 75.7 Å². The Labute approximate surface area is 329 Å². The zero-order valence-electron chi connectivity index (χ0n) is 31.1. The van der Waals surface area contributed by atoms with E-state index in [1.54, 1.807) is 9.80 Å². The first kappa shape index (κ1) is 37.3. The third-order valence-corrected chi connectivity index (χ3v) is 14.8. The smallest absolute Gasteiger partial charge is 0.264 e. The topological polar surface area (TPSA) is 135 Å². The molecule has 4 aromatic carbocycles. The number of aliphatic hydroxyl groups is 1. The van der Waals surface area contributed by atoms with Crippen molar-refractivity contribution in [3.8, 4) is 0 Å². The molecular formula is C43H45BrN4O6Si. The summed E-state index contributed by atoms with van der Waals surface area (Å²) >= 11 is 3.63. The number of rotatable bonds is 9. The molecule has 55 heavy (non-hydrogen) atoms. The van der Waals surface area contributed by atoms with Gasteiger partial charge in [0.2, 0.25) is 11.8 Å². The number of fused-ring (bicyclic) bond motifs is 4. The molecule has 1 spiro atoms. The van der Waals surface area contributed by atoms with E-state index in [2.05, 4.69) is 26.2 Å². The van der Waals surface area contributed by atoms with Gasteiger partial charge in [0.25, 0.3) is 5.91 Å². The van der Waals surface area contributed by atoms with E-state index in [1.807, 2.05) is 117 Å². The molecule has 0 saturated carbocycles. The van der Waals surface area contributed by atoms with Gasteiger partial charge in [-0.05, 0) is 78.2 Å². The zero-order chi connectivity index (χ0) is 38.6. The van der Waals surface area contributed by atoms with Crippen molar-refractivity contribution >= 4 is 64.2 Å². The number of aromatic nitrogens is 1. The summed E-state index contributed by atoms with van der Waals surface area (Å²) in [5.41, 5.74) is 5.02. The third-order valence-electron chi connectivity index (χ3n) is 11.8. The number of anilines is 2. The lowest BCUT2D eigenvalue weighted by atomic mass is 9.82. The van der Waals surface area contributed by atoms with Crippen LogP contribution in [0.3, 0.4) is 0 Å². The third kappa shape index (κ3) is 6.73. The van der Waals surface area contributed by atoms with Crippen LogP contribution in [-0.2, 0) is 50.7 Å². The molecule has 4 heterocycles. The summed E-state index contributed by atoms with van der Waals surface area (Å²) in [7, 11) is -3.04. The van der Waals surface area contributed by atoms with E-state index < -0.39 is 31.5 Å². The maximum Gasteiger partial charge on any atom is 0.264 e. The van der Waals surface area contributed by atoms with Crippen LogP contribution in [-0.4, -0.2) is 64.6 Å². The second-order valence-corrected chi connectivity index (χ2v) is 20.6. The number of nitrogens with zero attached hydrogens (tertiary/aromatic N) is 2. The highest BCUT2D eigenvalue weighted by Crippen LogP contribution is 2.60. The minimum atomic E-state index is -3.04. The fraction of sp³-hybridized carbons (Fsp3) is 0.326. The number of carbonyl (C=O) groups is 3. The van der Waals surface area contributed by atoms with Gasteiger partial charge >= 0.3 is 0 Å². The second kappa shape index (κ2) is 14.5. The van der Waals surface area contributed by atoms with Crippen LogP contribution in [0.4, 0.5) is 11.4 Å². The van der Waals surface area contributed by atoms with Gasteiger partial charge in [0.15, 0.2) is 13.9 Å². The maximum absolute atomic E-state index is 15.0. The fourth-order valence-corrected chi connectivity index (χ4v) is 12.2. The van der Waals surface area contributed by atoms with Crippen LogP contribution in [0.5, 0.6) is 0 Å². The van der Waals surface area contributed by atoms with E-state index in [0.29, 0.717) is 29.9 Å². The van der Waals surface area contributed by atoms with E-state index in [0.717, 1.165) is 37.6 Å². The number of para-hydroxylation sites is 1. The van der Waals surface area contributed by atoms with E-state index in [9.17, 15) is 19.5 Å². The summed E-state index contributed by atoms with van der Waals surface area (Å²) in [5.74, 6) is -1.03. The van der Waals surface area contributed by atoms with Crippen molar-refractivity contribution in [3.63, 3.8) is 0 Å². The first-order valence-corrected chi connectivity index (χ1v) is 22.6. The standard InChI is InChI=1S/C43H45BrN4O6Si/c1-26-41(55(2,3)53)38(21-40(51)47-24-29-11-5-4-10-28(29)18-33(47)25-49)54-43(26)35-20-31(44)15-16-37(35)48(42(43)52)23-27-9-8-12-32(17-27)46-39(50)19-30-22-45-36-14-7-6-13-34(30)36/h4-17,20,22,26,33,38,41,45,49,53H,18-19,21,23-25H2,1-3H3,(H,46,50)/t26-,33-,38+,41-,43+/m0/s1. The minimum absolute atomic E-state index is 0.0245. The van der Waals surface area contributed by atoms with Crippen molar-refractivity contribution in [1.82, 2.24) is 9.88 Å². The van der Waals surface area contributed by atoms with Gasteiger partial charge < -0.3 is 34.7 Å². The number of ether oxygens (including phenoxy) is 1. The second-order valence-electron chi connectivity index (χ2n) is 15.7. The van der Waals surface area contributed by atoms with Gasteiger partial charge in [-0.2, -0.15) is 0 Å². The number of hydrogen-bond acceptors (Lipinski definition) is 6. The first-order chi connectivity index (χ1) is 26.4. The molecule has 0 bridgehead atoms. The molecule has 8 rings (SSSR count). The number of amides is 3. The number of hydrogen-bond donors (Lipinski definition) is 4. The lowest BCUT2D eigenvalue weighted by Crippen LogP contribution is -2.48. The number of halogens is 1. The predicted octanol–water partition coefficient (Wildman–Crippen LogP) is 6.79. The van der Waals surface area contributed by atoms with Gasteiger partial charge in [-0.1, -0.05) is 77.5 Å². The van der Waals surface area contributed by atoms with Gasteiger partial charge in [-0.3, -0.25) is 14.4 Å². The highest BCUT2D eigenvalue weighted by molar-refractivity contribution is 9.10. The summed E-state index contributed by atoms with van der Waals surface area (Å²) in [6.45, 7) is 6.08. The van der Waals surface area contributed by atoms with Gasteiger partial charge in [0.1, 0.15) is 0 Å².